The summed E-state index contributed by atoms with van der Waals surface area (Å²) in [5.41, 5.74) is -2.31. The van der Waals surface area contributed by atoms with Gasteiger partial charge in [0, 0.05) is 4.47 Å². The van der Waals surface area contributed by atoms with Crippen LogP contribution in [0.25, 0.3) is 0 Å². The first-order chi connectivity index (χ1) is 8.25. The van der Waals surface area contributed by atoms with Crippen LogP contribution in [0, 0.1) is 0 Å². The van der Waals surface area contributed by atoms with Crippen LogP contribution in [0.2, 0.25) is 0 Å². The zero-order valence-electron chi connectivity index (χ0n) is 9.01. The van der Waals surface area contributed by atoms with E-state index < -0.39 is 17.6 Å². The molecule has 1 aliphatic rings. The molecule has 98 valence electrons. The van der Waals surface area contributed by atoms with E-state index in [0.717, 1.165) is 0 Å². The van der Waals surface area contributed by atoms with E-state index >= 15 is 0 Å². The van der Waals surface area contributed by atoms with Crippen LogP contribution in [0.15, 0.2) is 22.7 Å². The maximum Gasteiger partial charge on any atom is 0.411 e. The maximum absolute atomic E-state index is 12.7. The van der Waals surface area contributed by atoms with Crippen molar-refractivity contribution in [2.75, 3.05) is 0 Å². The number of amides is 1. The molecule has 0 aliphatic heterocycles. The van der Waals surface area contributed by atoms with Gasteiger partial charge in [-0.2, -0.15) is 13.2 Å². The summed E-state index contributed by atoms with van der Waals surface area (Å²) in [5, 5.41) is 11.4. The number of carbonyl (C=O) groups is 1. The fourth-order valence-corrected chi connectivity index (χ4v) is 1.94. The Morgan fingerprint density at radius 2 is 2.00 bits per heavy atom. The second-order valence-electron chi connectivity index (χ2n) is 4.20. The summed E-state index contributed by atoms with van der Waals surface area (Å²) >= 11 is 3.09. The standard InChI is InChI=1S/C11H9BrF3NO2/c12-6-1-2-8(17)7(5-6)9(18)16-10(3-4-10)11(13,14)15/h1-2,5,17H,3-4H2,(H,16,18). The van der Waals surface area contributed by atoms with Gasteiger partial charge in [0.15, 0.2) is 0 Å². The molecule has 0 radical (unpaired) electrons. The molecule has 1 amide bonds. The van der Waals surface area contributed by atoms with E-state index in [2.05, 4.69) is 15.9 Å². The SMILES string of the molecule is O=C(NC1(C(F)(F)F)CC1)c1cc(Br)ccc1O. The van der Waals surface area contributed by atoms with Gasteiger partial charge in [-0.15, -0.1) is 0 Å². The Morgan fingerprint density at radius 3 is 2.50 bits per heavy atom. The average Bonchev–Trinajstić information content (AvgIpc) is 3.01. The largest absolute Gasteiger partial charge is 0.507 e. The van der Waals surface area contributed by atoms with Gasteiger partial charge in [-0.1, -0.05) is 15.9 Å². The molecule has 1 aromatic carbocycles. The van der Waals surface area contributed by atoms with Crippen LogP contribution in [-0.2, 0) is 0 Å². The molecule has 18 heavy (non-hydrogen) atoms. The number of benzene rings is 1. The van der Waals surface area contributed by atoms with E-state index in [-0.39, 0.29) is 24.2 Å². The second kappa shape index (κ2) is 4.15. The Morgan fingerprint density at radius 1 is 1.39 bits per heavy atom. The summed E-state index contributed by atoms with van der Waals surface area (Å²) in [4.78, 5) is 11.7. The Kier molecular flexibility index (Phi) is 3.04. The van der Waals surface area contributed by atoms with Crippen molar-refractivity contribution in [3.8, 4) is 5.75 Å². The summed E-state index contributed by atoms with van der Waals surface area (Å²) in [6.07, 6.45) is -4.72. The molecule has 1 aliphatic carbocycles. The second-order valence-corrected chi connectivity index (χ2v) is 5.11. The monoisotopic (exact) mass is 323 g/mol. The Labute approximate surface area is 109 Å². The first-order valence-corrected chi connectivity index (χ1v) is 5.92. The number of nitrogens with one attached hydrogen (secondary N) is 1. The molecule has 0 saturated heterocycles. The minimum atomic E-state index is -4.47. The predicted molar refractivity (Wildman–Crippen MR) is 61.3 cm³/mol. The van der Waals surface area contributed by atoms with Crippen molar-refractivity contribution >= 4 is 21.8 Å². The fourth-order valence-electron chi connectivity index (χ4n) is 1.58. The molecule has 3 nitrogen and oxygen atoms in total. The molecule has 1 saturated carbocycles. The van der Waals surface area contributed by atoms with Gasteiger partial charge in [0.25, 0.3) is 5.91 Å². The first-order valence-electron chi connectivity index (χ1n) is 5.13. The predicted octanol–water partition coefficient (Wildman–Crippen LogP) is 2.98. The topological polar surface area (TPSA) is 49.3 Å². The molecule has 0 bridgehead atoms. The maximum atomic E-state index is 12.7. The van der Waals surface area contributed by atoms with Gasteiger partial charge < -0.3 is 10.4 Å². The summed E-state index contributed by atoms with van der Waals surface area (Å²) in [6.45, 7) is 0. The Balaban J connectivity index is 2.21. The molecule has 1 aromatic rings. The van der Waals surface area contributed by atoms with E-state index in [0.29, 0.717) is 4.47 Å². The molecule has 2 rings (SSSR count). The Bertz CT molecular complexity index is 498. The number of carbonyl (C=O) groups excluding carboxylic acids is 1. The van der Waals surface area contributed by atoms with Crippen molar-refractivity contribution in [3.05, 3.63) is 28.2 Å². The van der Waals surface area contributed by atoms with Crippen molar-refractivity contribution < 1.29 is 23.1 Å². The lowest BCUT2D eigenvalue weighted by Gasteiger charge is -2.20. The number of alkyl halides is 3. The van der Waals surface area contributed by atoms with Crippen molar-refractivity contribution in [3.63, 3.8) is 0 Å². The molecule has 1 fully saturated rings. The molecular weight excluding hydrogens is 315 g/mol. The highest BCUT2D eigenvalue weighted by Gasteiger charge is 2.64. The third-order valence-electron chi connectivity index (χ3n) is 2.85. The smallest absolute Gasteiger partial charge is 0.411 e. The normalized spacial score (nSPS) is 17.3. The minimum Gasteiger partial charge on any atom is -0.507 e. The Hall–Kier alpha value is -1.24. The third-order valence-corrected chi connectivity index (χ3v) is 3.34. The quantitative estimate of drug-likeness (QED) is 0.879. The van der Waals surface area contributed by atoms with Gasteiger partial charge in [0.1, 0.15) is 11.3 Å². The van der Waals surface area contributed by atoms with Crippen molar-refractivity contribution in [1.29, 1.82) is 0 Å². The molecule has 0 aromatic heterocycles. The lowest BCUT2D eigenvalue weighted by molar-refractivity contribution is -0.163. The molecule has 7 heteroatoms. The zero-order chi connectivity index (χ0) is 13.6. The van der Waals surface area contributed by atoms with Gasteiger partial charge >= 0.3 is 6.18 Å². The lowest BCUT2D eigenvalue weighted by Crippen LogP contribution is -2.47. The summed E-state index contributed by atoms with van der Waals surface area (Å²) in [6, 6.07) is 4.01. The molecule has 0 spiro atoms. The zero-order valence-corrected chi connectivity index (χ0v) is 10.6. The van der Waals surface area contributed by atoms with Gasteiger partial charge in [-0.3, -0.25) is 4.79 Å². The van der Waals surface area contributed by atoms with Gasteiger partial charge in [0.2, 0.25) is 0 Å². The minimum absolute atomic E-state index is 0.128. The number of halogens is 4. The average molecular weight is 324 g/mol. The highest BCUT2D eigenvalue weighted by atomic mass is 79.9. The van der Waals surface area contributed by atoms with Crippen LogP contribution in [0.4, 0.5) is 13.2 Å². The number of phenols is 1. The molecule has 0 heterocycles. The van der Waals surface area contributed by atoms with Gasteiger partial charge in [0.05, 0.1) is 5.56 Å². The van der Waals surface area contributed by atoms with E-state index in [1.807, 2.05) is 5.32 Å². The fraction of sp³-hybridized carbons (Fsp3) is 0.364. The molecule has 0 atom stereocenters. The number of hydrogen-bond acceptors (Lipinski definition) is 2. The van der Waals surface area contributed by atoms with E-state index in [4.69, 9.17) is 0 Å². The van der Waals surface area contributed by atoms with Gasteiger partial charge in [-0.25, -0.2) is 0 Å². The van der Waals surface area contributed by atoms with Crippen molar-refractivity contribution in [2.45, 2.75) is 24.6 Å². The molecule has 2 N–H and O–H groups in total. The van der Waals surface area contributed by atoms with Crippen LogP contribution in [0.1, 0.15) is 23.2 Å². The number of aromatic hydroxyl groups is 1. The number of hydrogen-bond donors (Lipinski definition) is 2. The summed E-state index contributed by atoms with van der Waals surface area (Å²) < 4.78 is 38.5. The van der Waals surface area contributed by atoms with Crippen molar-refractivity contribution in [2.24, 2.45) is 0 Å². The van der Waals surface area contributed by atoms with E-state index in [9.17, 15) is 23.1 Å². The van der Waals surface area contributed by atoms with Crippen LogP contribution >= 0.6 is 15.9 Å². The van der Waals surface area contributed by atoms with Crippen molar-refractivity contribution in [1.82, 2.24) is 5.32 Å². The first kappa shape index (κ1) is 13.2. The van der Waals surface area contributed by atoms with Crippen LogP contribution < -0.4 is 5.32 Å². The number of phenolic OH excluding ortho intramolecular Hbond substituents is 1. The number of rotatable bonds is 2. The highest BCUT2D eigenvalue weighted by Crippen LogP contribution is 2.49. The molecular formula is C11H9BrF3NO2. The molecule has 0 unspecified atom stereocenters. The van der Waals surface area contributed by atoms with E-state index in [1.165, 1.54) is 18.2 Å². The van der Waals surface area contributed by atoms with Gasteiger partial charge in [-0.05, 0) is 31.0 Å². The highest BCUT2D eigenvalue weighted by molar-refractivity contribution is 9.10. The third kappa shape index (κ3) is 2.31. The van der Waals surface area contributed by atoms with Crippen LogP contribution in [0.3, 0.4) is 0 Å². The lowest BCUT2D eigenvalue weighted by atomic mass is 10.1. The summed E-state index contributed by atoms with van der Waals surface area (Å²) in [5.74, 6) is -1.28. The van der Waals surface area contributed by atoms with E-state index in [1.54, 1.807) is 0 Å². The van der Waals surface area contributed by atoms with Crippen LogP contribution in [-0.4, -0.2) is 22.7 Å². The summed E-state index contributed by atoms with van der Waals surface area (Å²) in [7, 11) is 0. The van der Waals surface area contributed by atoms with Crippen LogP contribution in [0.5, 0.6) is 5.75 Å².